The molecule has 2 heteroatoms. The molecule has 0 aromatic carbocycles. The van der Waals surface area contributed by atoms with Crippen LogP contribution in [0.4, 0.5) is 0 Å². The summed E-state index contributed by atoms with van der Waals surface area (Å²) in [6.45, 7) is 9.37. The van der Waals surface area contributed by atoms with E-state index in [9.17, 15) is 0 Å². The predicted octanol–water partition coefficient (Wildman–Crippen LogP) is 4.24. The molecule has 0 aromatic heterocycles. The van der Waals surface area contributed by atoms with E-state index in [0.29, 0.717) is 0 Å². The van der Waals surface area contributed by atoms with Gasteiger partial charge in [-0.2, -0.15) is 0 Å². The Morgan fingerprint density at radius 1 is 0.833 bits per heavy atom. The molecule has 0 saturated heterocycles. The van der Waals surface area contributed by atoms with Crippen molar-refractivity contribution in [2.75, 3.05) is 26.3 Å². The van der Waals surface area contributed by atoms with Gasteiger partial charge in [0, 0.05) is 19.6 Å². The Kier molecular flexibility index (Phi) is 9.01. The van der Waals surface area contributed by atoms with Gasteiger partial charge in [-0.3, -0.25) is 4.90 Å². The first kappa shape index (κ1) is 15.6. The number of hydrogen-bond donors (Lipinski definition) is 0. The summed E-state index contributed by atoms with van der Waals surface area (Å²) in [7, 11) is 0. The Balaban J connectivity index is 2.08. The van der Waals surface area contributed by atoms with Gasteiger partial charge in [0.1, 0.15) is 0 Å². The van der Waals surface area contributed by atoms with Gasteiger partial charge in [-0.25, -0.2) is 0 Å². The van der Waals surface area contributed by atoms with Crippen molar-refractivity contribution in [3.8, 4) is 0 Å². The first-order valence-electron chi connectivity index (χ1n) is 8.00. The average Bonchev–Trinajstić information content (AvgIpc) is 2.40. The molecule has 0 atom stereocenters. The maximum Gasteiger partial charge on any atom is 0.0704 e. The Bertz CT molecular complexity index is 213. The van der Waals surface area contributed by atoms with Gasteiger partial charge >= 0.3 is 0 Å². The molecule has 2 nitrogen and oxygen atoms in total. The lowest BCUT2D eigenvalue weighted by Crippen LogP contribution is -2.39. The minimum atomic E-state index is 1.15. The molecule has 1 rings (SSSR count). The highest BCUT2D eigenvalue weighted by Gasteiger charge is 2.10. The zero-order valence-electron chi connectivity index (χ0n) is 12.5. The normalized spacial score (nSPS) is 16.4. The molecular formula is C16H32N2. The van der Waals surface area contributed by atoms with Crippen molar-refractivity contribution in [1.82, 2.24) is 9.80 Å². The highest BCUT2D eigenvalue weighted by molar-refractivity contribution is 4.90. The zero-order chi connectivity index (χ0) is 13.1. The molecule has 18 heavy (non-hydrogen) atoms. The smallest absolute Gasteiger partial charge is 0.0704 e. The molecule has 0 saturated carbocycles. The van der Waals surface area contributed by atoms with Crippen LogP contribution in [0.2, 0.25) is 0 Å². The highest BCUT2D eigenvalue weighted by Crippen LogP contribution is 2.09. The Morgan fingerprint density at radius 2 is 1.50 bits per heavy atom. The third-order valence-corrected chi connectivity index (χ3v) is 3.69. The SMILES string of the molecule is CCCCCCN1C=CCN(CCCCCC)C1. The second-order valence-electron chi connectivity index (χ2n) is 5.54. The van der Waals surface area contributed by atoms with E-state index < -0.39 is 0 Å². The first-order valence-corrected chi connectivity index (χ1v) is 8.00. The van der Waals surface area contributed by atoms with Gasteiger partial charge in [0.25, 0.3) is 0 Å². The van der Waals surface area contributed by atoms with Crippen LogP contribution in [0, 0.1) is 0 Å². The van der Waals surface area contributed by atoms with Crippen LogP contribution in [0.1, 0.15) is 65.2 Å². The highest BCUT2D eigenvalue weighted by atomic mass is 15.3. The number of nitrogens with zero attached hydrogens (tertiary/aromatic N) is 2. The number of hydrogen-bond acceptors (Lipinski definition) is 2. The van der Waals surface area contributed by atoms with Crippen molar-refractivity contribution in [2.45, 2.75) is 65.2 Å². The fourth-order valence-corrected chi connectivity index (χ4v) is 2.52. The first-order chi connectivity index (χ1) is 8.86. The topological polar surface area (TPSA) is 6.48 Å². The van der Waals surface area contributed by atoms with Crippen LogP contribution < -0.4 is 0 Å². The maximum atomic E-state index is 2.58. The van der Waals surface area contributed by atoms with E-state index in [2.05, 4.69) is 35.9 Å². The number of rotatable bonds is 10. The van der Waals surface area contributed by atoms with Gasteiger partial charge < -0.3 is 4.90 Å². The van der Waals surface area contributed by atoms with Gasteiger partial charge in [-0.05, 0) is 19.0 Å². The molecule has 106 valence electrons. The van der Waals surface area contributed by atoms with E-state index in [1.54, 1.807) is 0 Å². The molecule has 0 aromatic rings. The van der Waals surface area contributed by atoms with Gasteiger partial charge in [-0.1, -0.05) is 58.4 Å². The van der Waals surface area contributed by atoms with Crippen molar-refractivity contribution < 1.29 is 0 Å². The summed E-state index contributed by atoms with van der Waals surface area (Å²) in [5.41, 5.74) is 0. The molecule has 1 heterocycles. The zero-order valence-corrected chi connectivity index (χ0v) is 12.5. The van der Waals surface area contributed by atoms with Crippen LogP contribution in [0.5, 0.6) is 0 Å². The van der Waals surface area contributed by atoms with E-state index >= 15 is 0 Å². The van der Waals surface area contributed by atoms with E-state index in [0.717, 1.165) is 13.2 Å². The fourth-order valence-electron chi connectivity index (χ4n) is 2.52. The minimum Gasteiger partial charge on any atom is -0.365 e. The molecular weight excluding hydrogens is 220 g/mol. The lowest BCUT2D eigenvalue weighted by Gasteiger charge is -2.32. The summed E-state index contributed by atoms with van der Waals surface area (Å²) in [5, 5.41) is 0. The largest absolute Gasteiger partial charge is 0.365 e. The second kappa shape index (κ2) is 10.4. The number of unbranched alkanes of at least 4 members (excludes halogenated alkanes) is 6. The Morgan fingerprint density at radius 3 is 2.17 bits per heavy atom. The van der Waals surface area contributed by atoms with Crippen LogP contribution in [0.25, 0.3) is 0 Å². The van der Waals surface area contributed by atoms with Crippen LogP contribution in [0.15, 0.2) is 12.3 Å². The van der Waals surface area contributed by atoms with Crippen molar-refractivity contribution >= 4 is 0 Å². The van der Waals surface area contributed by atoms with Crippen molar-refractivity contribution in [1.29, 1.82) is 0 Å². The summed E-state index contributed by atoms with van der Waals surface area (Å²) in [6.07, 6.45) is 15.6. The van der Waals surface area contributed by atoms with Gasteiger partial charge in [-0.15, -0.1) is 0 Å². The molecule has 0 amide bonds. The van der Waals surface area contributed by atoms with Crippen molar-refractivity contribution in [3.63, 3.8) is 0 Å². The third kappa shape index (κ3) is 7.05. The lowest BCUT2D eigenvalue weighted by molar-refractivity contribution is 0.164. The molecule has 1 aliphatic heterocycles. The van der Waals surface area contributed by atoms with Gasteiger partial charge in [0.2, 0.25) is 0 Å². The van der Waals surface area contributed by atoms with Crippen molar-refractivity contribution in [3.05, 3.63) is 12.3 Å². The Hall–Kier alpha value is -0.500. The standard InChI is InChI=1S/C16H32N2/c1-3-5-7-9-12-17-14-11-15-18(16-17)13-10-8-6-4-2/h11,14H,3-10,12-13,15-16H2,1-2H3. The van der Waals surface area contributed by atoms with E-state index in [1.165, 1.54) is 64.5 Å². The van der Waals surface area contributed by atoms with E-state index in [4.69, 9.17) is 0 Å². The van der Waals surface area contributed by atoms with Crippen molar-refractivity contribution in [2.24, 2.45) is 0 Å². The lowest BCUT2D eigenvalue weighted by atomic mass is 10.2. The summed E-state index contributed by atoms with van der Waals surface area (Å²) in [6, 6.07) is 0. The third-order valence-electron chi connectivity index (χ3n) is 3.69. The summed E-state index contributed by atoms with van der Waals surface area (Å²) in [4.78, 5) is 5.06. The van der Waals surface area contributed by atoms with Crippen LogP contribution in [-0.4, -0.2) is 36.1 Å². The average molecular weight is 252 g/mol. The molecule has 0 N–H and O–H groups in total. The van der Waals surface area contributed by atoms with E-state index in [1.807, 2.05) is 0 Å². The predicted molar refractivity (Wildman–Crippen MR) is 80.6 cm³/mol. The summed E-state index contributed by atoms with van der Waals surface area (Å²) in [5.74, 6) is 0. The molecule has 0 radical (unpaired) electrons. The Labute approximate surface area is 114 Å². The van der Waals surface area contributed by atoms with Gasteiger partial charge in [0.05, 0.1) is 6.67 Å². The second-order valence-corrected chi connectivity index (χ2v) is 5.54. The van der Waals surface area contributed by atoms with Gasteiger partial charge in [0.15, 0.2) is 0 Å². The molecule has 0 unspecified atom stereocenters. The summed E-state index contributed by atoms with van der Waals surface area (Å²) >= 11 is 0. The minimum absolute atomic E-state index is 1.15. The summed E-state index contributed by atoms with van der Waals surface area (Å²) < 4.78 is 0. The molecule has 0 aliphatic carbocycles. The molecule has 0 spiro atoms. The molecule has 0 bridgehead atoms. The monoisotopic (exact) mass is 252 g/mol. The fraction of sp³-hybridized carbons (Fsp3) is 0.875. The van der Waals surface area contributed by atoms with Crippen LogP contribution >= 0.6 is 0 Å². The van der Waals surface area contributed by atoms with Crippen LogP contribution in [0.3, 0.4) is 0 Å². The maximum absolute atomic E-state index is 2.58. The molecule has 1 aliphatic rings. The quantitative estimate of drug-likeness (QED) is 0.537. The van der Waals surface area contributed by atoms with Crippen LogP contribution in [-0.2, 0) is 0 Å². The van der Waals surface area contributed by atoms with E-state index in [-0.39, 0.29) is 0 Å². The molecule has 0 fully saturated rings.